The SMILES string of the molecule is c1ccc2c(c1)[C@H]1O[C@H]3O[C@H]4O[C@@H]2[C@H]2[C@@H]1[C@@H]3C1(CC1)[C@@H]42. The van der Waals surface area contributed by atoms with Crippen LogP contribution in [0.25, 0.3) is 0 Å². The molecule has 2 bridgehead atoms. The van der Waals surface area contributed by atoms with Gasteiger partial charge in [0, 0.05) is 23.7 Å². The average Bonchev–Trinajstić information content (AvgIpc) is 2.90. The third kappa shape index (κ3) is 0.786. The smallest absolute Gasteiger partial charge is 0.165 e. The molecule has 0 amide bonds. The van der Waals surface area contributed by atoms with Gasteiger partial charge in [0.05, 0.1) is 12.2 Å². The van der Waals surface area contributed by atoms with E-state index in [0.717, 1.165) is 0 Å². The van der Waals surface area contributed by atoms with Crippen LogP contribution in [0.2, 0.25) is 0 Å². The Morgan fingerprint density at radius 2 is 1.35 bits per heavy atom. The Hall–Kier alpha value is -0.900. The second kappa shape index (κ2) is 2.72. The van der Waals surface area contributed by atoms with E-state index in [1.165, 1.54) is 24.0 Å². The number of hydrogen-bond acceptors (Lipinski definition) is 3. The van der Waals surface area contributed by atoms with Crippen molar-refractivity contribution < 1.29 is 14.2 Å². The molecular formula is C17H16O3. The van der Waals surface area contributed by atoms with E-state index in [9.17, 15) is 0 Å². The summed E-state index contributed by atoms with van der Waals surface area (Å²) in [5, 5.41) is 0. The molecule has 3 heterocycles. The van der Waals surface area contributed by atoms with Gasteiger partial charge in [0.2, 0.25) is 0 Å². The van der Waals surface area contributed by atoms with Crippen molar-refractivity contribution in [1.82, 2.24) is 0 Å². The molecule has 3 heteroatoms. The van der Waals surface area contributed by atoms with Crippen LogP contribution in [0.1, 0.15) is 36.2 Å². The zero-order chi connectivity index (χ0) is 12.6. The lowest BCUT2D eigenvalue weighted by molar-refractivity contribution is -0.288. The molecule has 1 aromatic rings. The van der Waals surface area contributed by atoms with Crippen molar-refractivity contribution in [3.05, 3.63) is 35.4 Å². The first-order chi connectivity index (χ1) is 9.88. The molecule has 3 nitrogen and oxygen atoms in total. The molecular weight excluding hydrogens is 252 g/mol. The quantitative estimate of drug-likeness (QED) is 0.724. The molecule has 1 aromatic carbocycles. The second-order valence-corrected chi connectivity index (χ2v) is 7.55. The fraction of sp³-hybridized carbons (Fsp3) is 0.647. The molecule has 3 aliphatic carbocycles. The molecule has 0 aromatic heterocycles. The molecule has 20 heavy (non-hydrogen) atoms. The van der Waals surface area contributed by atoms with E-state index in [2.05, 4.69) is 24.3 Å². The van der Waals surface area contributed by atoms with Crippen molar-refractivity contribution >= 4 is 0 Å². The fourth-order valence-corrected chi connectivity index (χ4v) is 6.56. The van der Waals surface area contributed by atoms with E-state index in [1.807, 2.05) is 0 Å². The van der Waals surface area contributed by atoms with Crippen LogP contribution in [0, 0.1) is 29.1 Å². The predicted octanol–water partition coefficient (Wildman–Crippen LogP) is 2.78. The highest BCUT2D eigenvalue weighted by Crippen LogP contribution is 2.82. The van der Waals surface area contributed by atoms with Gasteiger partial charge in [-0.3, -0.25) is 0 Å². The number of benzene rings is 1. The van der Waals surface area contributed by atoms with Gasteiger partial charge in [-0.1, -0.05) is 24.3 Å². The summed E-state index contributed by atoms with van der Waals surface area (Å²) in [6, 6.07) is 8.75. The van der Waals surface area contributed by atoms with Gasteiger partial charge in [-0.2, -0.15) is 0 Å². The number of fused-ring (bicyclic) bond motifs is 3. The van der Waals surface area contributed by atoms with Crippen molar-refractivity contribution in [1.29, 1.82) is 0 Å². The van der Waals surface area contributed by atoms with Gasteiger partial charge in [0.25, 0.3) is 0 Å². The molecule has 3 saturated heterocycles. The van der Waals surface area contributed by atoms with Crippen LogP contribution in [0.15, 0.2) is 24.3 Å². The molecule has 6 aliphatic rings. The van der Waals surface area contributed by atoms with Crippen LogP contribution in [-0.4, -0.2) is 12.6 Å². The molecule has 0 radical (unpaired) electrons. The van der Waals surface area contributed by atoms with Gasteiger partial charge in [-0.25, -0.2) is 0 Å². The first-order valence-electron chi connectivity index (χ1n) is 7.94. The molecule has 102 valence electrons. The monoisotopic (exact) mass is 268 g/mol. The van der Waals surface area contributed by atoms with Crippen LogP contribution < -0.4 is 0 Å². The molecule has 3 aliphatic heterocycles. The number of ether oxygens (including phenoxy) is 3. The van der Waals surface area contributed by atoms with E-state index >= 15 is 0 Å². The third-order valence-corrected chi connectivity index (χ3v) is 7.15. The van der Waals surface area contributed by atoms with Gasteiger partial charge in [0.1, 0.15) is 0 Å². The van der Waals surface area contributed by atoms with Crippen molar-refractivity contribution in [3.63, 3.8) is 0 Å². The molecule has 5 fully saturated rings. The highest BCUT2D eigenvalue weighted by Gasteiger charge is 2.81. The second-order valence-electron chi connectivity index (χ2n) is 7.55. The van der Waals surface area contributed by atoms with E-state index in [-0.39, 0.29) is 24.8 Å². The van der Waals surface area contributed by atoms with E-state index in [0.29, 0.717) is 29.1 Å². The summed E-state index contributed by atoms with van der Waals surface area (Å²) in [4.78, 5) is 0. The summed E-state index contributed by atoms with van der Waals surface area (Å²) in [5.74, 6) is 2.55. The number of hydrogen-bond donors (Lipinski definition) is 0. The van der Waals surface area contributed by atoms with Gasteiger partial charge in [0.15, 0.2) is 12.6 Å². The van der Waals surface area contributed by atoms with E-state index in [1.54, 1.807) is 0 Å². The fourth-order valence-electron chi connectivity index (χ4n) is 6.56. The minimum Gasteiger partial charge on any atom is -0.344 e. The zero-order valence-electron chi connectivity index (χ0n) is 11.1. The van der Waals surface area contributed by atoms with Crippen LogP contribution >= 0.6 is 0 Å². The average molecular weight is 268 g/mol. The molecule has 7 rings (SSSR count). The third-order valence-electron chi connectivity index (χ3n) is 7.15. The predicted molar refractivity (Wildman–Crippen MR) is 68.4 cm³/mol. The lowest BCUT2D eigenvalue weighted by atomic mass is 9.72. The summed E-state index contributed by atoms with van der Waals surface area (Å²) in [6.07, 6.45) is 3.24. The summed E-state index contributed by atoms with van der Waals surface area (Å²) in [6.45, 7) is 0. The molecule has 2 saturated carbocycles. The van der Waals surface area contributed by atoms with Crippen molar-refractivity contribution in [2.24, 2.45) is 29.1 Å². The molecule has 0 unspecified atom stereocenters. The van der Waals surface area contributed by atoms with Gasteiger partial charge < -0.3 is 14.2 Å². The Labute approximate surface area is 117 Å². The topological polar surface area (TPSA) is 27.7 Å². The summed E-state index contributed by atoms with van der Waals surface area (Å²) in [7, 11) is 0. The first-order valence-corrected chi connectivity index (χ1v) is 7.94. The number of rotatable bonds is 0. The van der Waals surface area contributed by atoms with Crippen molar-refractivity contribution in [3.8, 4) is 0 Å². The van der Waals surface area contributed by atoms with Crippen molar-refractivity contribution in [2.75, 3.05) is 0 Å². The first kappa shape index (κ1) is 9.93. The van der Waals surface area contributed by atoms with Gasteiger partial charge in [-0.15, -0.1) is 0 Å². The molecule has 8 atom stereocenters. The lowest BCUT2D eigenvalue weighted by Gasteiger charge is -2.37. The van der Waals surface area contributed by atoms with Crippen LogP contribution in [0.5, 0.6) is 0 Å². The van der Waals surface area contributed by atoms with Gasteiger partial charge >= 0.3 is 0 Å². The van der Waals surface area contributed by atoms with Crippen LogP contribution in [-0.2, 0) is 14.2 Å². The van der Waals surface area contributed by atoms with Crippen LogP contribution in [0.4, 0.5) is 0 Å². The Morgan fingerprint density at radius 1 is 0.800 bits per heavy atom. The maximum absolute atomic E-state index is 6.38. The molecule has 1 spiro atoms. The van der Waals surface area contributed by atoms with E-state index in [4.69, 9.17) is 14.2 Å². The van der Waals surface area contributed by atoms with E-state index < -0.39 is 0 Å². The normalized spacial score (nSPS) is 57.4. The van der Waals surface area contributed by atoms with Crippen LogP contribution in [0.3, 0.4) is 0 Å². The zero-order valence-corrected chi connectivity index (χ0v) is 11.1. The minimum absolute atomic E-state index is 0.00847. The Balaban J connectivity index is 1.57. The Morgan fingerprint density at radius 3 is 1.85 bits per heavy atom. The maximum atomic E-state index is 6.38. The standard InChI is InChI=1S/C17H16O3/c1-2-4-8-7(3-1)13-9-10-12-16(19-14(8)10)20-15(18-13)11(9)17(12)5-6-17/h1-4,9-16H,5-6H2/t9-,10+,11+,12-,13-,14+,15+,16-. The Kier molecular flexibility index (Phi) is 1.35. The summed E-state index contributed by atoms with van der Waals surface area (Å²) < 4.78 is 19.0. The Bertz CT molecular complexity index is 600. The van der Waals surface area contributed by atoms with Crippen molar-refractivity contribution in [2.45, 2.75) is 37.6 Å². The lowest BCUT2D eigenvalue weighted by Crippen LogP contribution is -2.43. The minimum atomic E-state index is -0.00847. The largest absolute Gasteiger partial charge is 0.344 e. The molecule has 0 N–H and O–H groups in total. The highest BCUT2D eigenvalue weighted by molar-refractivity contribution is 5.41. The van der Waals surface area contributed by atoms with Gasteiger partial charge in [-0.05, 0) is 29.4 Å². The summed E-state index contributed by atoms with van der Waals surface area (Å²) >= 11 is 0. The highest BCUT2D eigenvalue weighted by atomic mass is 16.8. The summed E-state index contributed by atoms with van der Waals surface area (Å²) in [5.41, 5.74) is 3.25. The maximum Gasteiger partial charge on any atom is 0.165 e.